The molecule has 2 aromatic carbocycles. The zero-order chi connectivity index (χ0) is 20.9. The summed E-state index contributed by atoms with van der Waals surface area (Å²) in [6, 6.07) is 15.7. The van der Waals surface area contributed by atoms with E-state index in [-0.39, 0.29) is 17.9 Å². The molecule has 1 unspecified atom stereocenters. The lowest BCUT2D eigenvalue weighted by Crippen LogP contribution is -2.32. The van der Waals surface area contributed by atoms with Crippen LogP contribution in [0.1, 0.15) is 37.3 Å². The lowest BCUT2D eigenvalue weighted by molar-refractivity contribution is -0.121. The highest BCUT2D eigenvalue weighted by Gasteiger charge is 2.29. The number of fused-ring (bicyclic) bond motifs is 2. The van der Waals surface area contributed by atoms with Crippen LogP contribution in [0.2, 0.25) is 0 Å². The molecular formula is C23H26N4O3. The van der Waals surface area contributed by atoms with Gasteiger partial charge in [0.1, 0.15) is 12.3 Å². The van der Waals surface area contributed by atoms with Crippen molar-refractivity contribution < 1.29 is 14.3 Å². The van der Waals surface area contributed by atoms with Crippen LogP contribution in [0.3, 0.4) is 0 Å². The molecule has 7 heteroatoms. The van der Waals surface area contributed by atoms with E-state index in [4.69, 9.17) is 4.74 Å². The van der Waals surface area contributed by atoms with Crippen LogP contribution in [0, 0.1) is 0 Å². The first kappa shape index (κ1) is 19.9. The van der Waals surface area contributed by atoms with Crippen molar-refractivity contribution in [1.29, 1.82) is 0 Å². The van der Waals surface area contributed by atoms with Gasteiger partial charge in [-0.3, -0.25) is 14.9 Å². The van der Waals surface area contributed by atoms with Gasteiger partial charge in [-0.2, -0.15) is 0 Å². The zero-order valence-electron chi connectivity index (χ0n) is 17.1. The number of carbonyl (C=O) groups excluding carboxylic acids is 2. The summed E-state index contributed by atoms with van der Waals surface area (Å²) in [7, 11) is 0. The molecule has 0 aliphatic carbocycles. The van der Waals surface area contributed by atoms with Crippen molar-refractivity contribution in [3.63, 3.8) is 0 Å². The van der Waals surface area contributed by atoms with Crippen molar-refractivity contribution in [2.45, 2.75) is 45.4 Å². The number of rotatable bonds is 8. The van der Waals surface area contributed by atoms with Crippen LogP contribution >= 0.6 is 0 Å². The summed E-state index contributed by atoms with van der Waals surface area (Å²) in [5.74, 6) is 1.38. The van der Waals surface area contributed by atoms with Gasteiger partial charge < -0.3 is 15.0 Å². The first-order valence-electron chi connectivity index (χ1n) is 10.3. The third-order valence-electron chi connectivity index (χ3n) is 5.21. The van der Waals surface area contributed by atoms with Crippen molar-refractivity contribution in [2.75, 3.05) is 6.54 Å². The average Bonchev–Trinajstić information content (AvgIpc) is 3.10. The number of carbonyl (C=O) groups is 2. The van der Waals surface area contributed by atoms with Gasteiger partial charge in [0.25, 0.3) is 0 Å². The molecule has 2 aliphatic rings. The molecule has 30 heavy (non-hydrogen) atoms. The normalized spacial score (nSPS) is 15.6. The molecule has 2 heterocycles. The number of guanidine groups is 1. The summed E-state index contributed by atoms with van der Waals surface area (Å²) in [6.45, 7) is 3.58. The van der Waals surface area contributed by atoms with E-state index in [9.17, 15) is 9.59 Å². The predicted octanol–water partition coefficient (Wildman–Crippen LogP) is 2.87. The maximum atomic E-state index is 12.0. The molecular weight excluding hydrogens is 380 g/mol. The van der Waals surface area contributed by atoms with E-state index in [1.54, 1.807) is 0 Å². The predicted molar refractivity (Wildman–Crippen MR) is 114 cm³/mol. The molecule has 156 valence electrons. The second-order valence-corrected chi connectivity index (χ2v) is 7.71. The van der Waals surface area contributed by atoms with Gasteiger partial charge in [0, 0.05) is 25.6 Å². The molecule has 2 aromatic rings. The SMILES string of the molecule is CC(CCCC(=O)NCc1ccccc1)Oc1ccc2c(c1)N=C1NC(=O)CN1C2. The third-order valence-corrected chi connectivity index (χ3v) is 5.21. The van der Waals surface area contributed by atoms with Crippen molar-refractivity contribution in [1.82, 2.24) is 15.5 Å². The molecule has 0 radical (unpaired) electrons. The Bertz CT molecular complexity index is 958. The topological polar surface area (TPSA) is 83.0 Å². The molecule has 2 aliphatic heterocycles. The molecule has 1 fully saturated rings. The van der Waals surface area contributed by atoms with Crippen molar-refractivity contribution >= 4 is 23.5 Å². The van der Waals surface area contributed by atoms with Crippen LogP contribution < -0.4 is 15.4 Å². The number of nitrogens with zero attached hydrogens (tertiary/aromatic N) is 2. The number of aliphatic imine (C=N–C) groups is 1. The minimum atomic E-state index is -0.0283. The highest BCUT2D eigenvalue weighted by molar-refractivity contribution is 6.05. The fourth-order valence-corrected chi connectivity index (χ4v) is 3.62. The Hall–Kier alpha value is -3.35. The molecule has 0 aromatic heterocycles. The fraction of sp³-hybridized carbons (Fsp3) is 0.348. The molecule has 7 nitrogen and oxygen atoms in total. The van der Waals surface area contributed by atoms with Gasteiger partial charge in [-0.15, -0.1) is 0 Å². The largest absolute Gasteiger partial charge is 0.491 e. The van der Waals surface area contributed by atoms with E-state index in [0.29, 0.717) is 32.0 Å². The van der Waals surface area contributed by atoms with Crippen molar-refractivity contribution in [3.05, 3.63) is 59.7 Å². The van der Waals surface area contributed by atoms with E-state index in [1.807, 2.05) is 60.4 Å². The molecule has 0 spiro atoms. The van der Waals surface area contributed by atoms with Crippen molar-refractivity contribution in [3.8, 4) is 5.75 Å². The molecule has 2 N–H and O–H groups in total. The minimum absolute atomic E-state index is 0.0103. The Kier molecular flexibility index (Phi) is 5.97. The summed E-state index contributed by atoms with van der Waals surface area (Å²) >= 11 is 0. The smallest absolute Gasteiger partial charge is 0.246 e. The Labute approximate surface area is 176 Å². The van der Waals surface area contributed by atoms with E-state index in [0.717, 1.165) is 35.4 Å². The second-order valence-electron chi connectivity index (χ2n) is 7.71. The van der Waals surface area contributed by atoms with Gasteiger partial charge >= 0.3 is 0 Å². The fourth-order valence-electron chi connectivity index (χ4n) is 3.62. The molecule has 0 bridgehead atoms. The lowest BCUT2D eigenvalue weighted by atomic mass is 10.1. The Morgan fingerprint density at radius 1 is 1.23 bits per heavy atom. The summed E-state index contributed by atoms with van der Waals surface area (Å²) < 4.78 is 6.02. The van der Waals surface area contributed by atoms with E-state index >= 15 is 0 Å². The van der Waals surface area contributed by atoms with Crippen LogP contribution in [0.15, 0.2) is 53.5 Å². The summed E-state index contributed by atoms with van der Waals surface area (Å²) in [6.07, 6.45) is 2.02. The zero-order valence-corrected chi connectivity index (χ0v) is 17.1. The summed E-state index contributed by atoms with van der Waals surface area (Å²) in [4.78, 5) is 30.0. The summed E-state index contributed by atoms with van der Waals surface area (Å²) in [5, 5.41) is 5.72. The van der Waals surface area contributed by atoms with E-state index < -0.39 is 0 Å². The molecule has 0 saturated carbocycles. The van der Waals surface area contributed by atoms with Crippen LogP contribution in [-0.2, 0) is 22.7 Å². The first-order valence-corrected chi connectivity index (χ1v) is 10.3. The van der Waals surface area contributed by atoms with Crippen LogP contribution in [-0.4, -0.2) is 35.3 Å². The Morgan fingerprint density at radius 3 is 2.90 bits per heavy atom. The van der Waals surface area contributed by atoms with Gasteiger partial charge in [0.2, 0.25) is 17.8 Å². The highest BCUT2D eigenvalue weighted by Crippen LogP contribution is 2.31. The first-order chi connectivity index (χ1) is 14.6. The number of hydrogen-bond acceptors (Lipinski definition) is 5. The molecule has 2 amide bonds. The maximum Gasteiger partial charge on any atom is 0.246 e. The Balaban J connectivity index is 1.22. The van der Waals surface area contributed by atoms with E-state index in [2.05, 4.69) is 15.6 Å². The molecule has 4 rings (SSSR count). The number of benzene rings is 2. The van der Waals surface area contributed by atoms with Crippen LogP contribution in [0.25, 0.3) is 0 Å². The van der Waals surface area contributed by atoms with Crippen molar-refractivity contribution in [2.24, 2.45) is 4.99 Å². The van der Waals surface area contributed by atoms with Gasteiger partial charge in [0.15, 0.2) is 0 Å². The molecule has 1 saturated heterocycles. The van der Waals surface area contributed by atoms with Gasteiger partial charge in [-0.1, -0.05) is 36.4 Å². The second kappa shape index (κ2) is 8.98. The van der Waals surface area contributed by atoms with Gasteiger partial charge in [0.05, 0.1) is 11.8 Å². The van der Waals surface area contributed by atoms with Gasteiger partial charge in [-0.25, -0.2) is 4.99 Å². The quantitative estimate of drug-likeness (QED) is 0.706. The number of hydrogen-bond donors (Lipinski definition) is 2. The standard InChI is InChI=1S/C23H26N4O3/c1-16(6-5-9-21(28)24-13-17-7-3-2-4-8-17)30-19-11-10-18-14-27-15-22(29)26-23(27)25-20(18)12-19/h2-4,7-8,10-12,16H,5-6,9,13-15H2,1H3,(H,24,28)(H,25,26,29). The maximum absolute atomic E-state index is 12.0. The number of amides is 2. The molecule has 1 atom stereocenters. The summed E-state index contributed by atoms with van der Waals surface area (Å²) in [5.41, 5.74) is 3.00. The lowest BCUT2D eigenvalue weighted by Gasteiger charge is -2.23. The number of ether oxygens (including phenoxy) is 1. The average molecular weight is 406 g/mol. The number of nitrogens with one attached hydrogen (secondary N) is 2. The Morgan fingerprint density at radius 2 is 2.07 bits per heavy atom. The monoisotopic (exact) mass is 406 g/mol. The minimum Gasteiger partial charge on any atom is -0.491 e. The van der Waals surface area contributed by atoms with Crippen LogP contribution in [0.4, 0.5) is 5.69 Å². The third kappa shape index (κ3) is 4.97. The highest BCUT2D eigenvalue weighted by atomic mass is 16.5. The van der Waals surface area contributed by atoms with Gasteiger partial charge in [-0.05, 0) is 37.0 Å². The van der Waals surface area contributed by atoms with Crippen LogP contribution in [0.5, 0.6) is 5.75 Å². The van der Waals surface area contributed by atoms with E-state index in [1.165, 1.54) is 0 Å².